The normalized spacial score (nSPS) is 25.5. The summed E-state index contributed by atoms with van der Waals surface area (Å²) in [5, 5.41) is 9.09. The number of nitrogens with zero attached hydrogens (tertiary/aromatic N) is 1. The summed E-state index contributed by atoms with van der Waals surface area (Å²) in [7, 11) is 0. The van der Waals surface area contributed by atoms with Crippen molar-refractivity contribution in [3.63, 3.8) is 0 Å². The van der Waals surface area contributed by atoms with Crippen LogP contribution in [0.2, 0.25) is 0 Å². The molecule has 86 valence electrons. The molecule has 4 nitrogen and oxygen atoms in total. The lowest BCUT2D eigenvalue weighted by molar-refractivity contribution is -0.144. The zero-order valence-electron chi connectivity index (χ0n) is 9.19. The van der Waals surface area contributed by atoms with Crippen LogP contribution >= 0.6 is 0 Å². The SMILES string of the molecule is C[C@H](C(=O)O)N(C1CCOCC1)C1CC1. The van der Waals surface area contributed by atoms with Gasteiger partial charge in [0.05, 0.1) is 0 Å². The van der Waals surface area contributed by atoms with Crippen LogP contribution in [0.3, 0.4) is 0 Å². The van der Waals surface area contributed by atoms with E-state index in [1.807, 2.05) is 0 Å². The Labute approximate surface area is 90.2 Å². The van der Waals surface area contributed by atoms with Crippen LogP contribution in [-0.2, 0) is 9.53 Å². The molecule has 2 fully saturated rings. The molecule has 1 saturated carbocycles. The van der Waals surface area contributed by atoms with Crippen molar-refractivity contribution in [2.24, 2.45) is 0 Å². The minimum atomic E-state index is -0.701. The van der Waals surface area contributed by atoms with Gasteiger partial charge in [0, 0.05) is 25.3 Å². The maximum absolute atomic E-state index is 11.0. The van der Waals surface area contributed by atoms with E-state index < -0.39 is 5.97 Å². The van der Waals surface area contributed by atoms with Gasteiger partial charge in [-0.1, -0.05) is 0 Å². The van der Waals surface area contributed by atoms with Crippen LogP contribution in [0.1, 0.15) is 32.6 Å². The van der Waals surface area contributed by atoms with Gasteiger partial charge in [-0.25, -0.2) is 0 Å². The second-order valence-electron chi connectivity index (χ2n) is 4.54. The molecule has 1 atom stereocenters. The summed E-state index contributed by atoms with van der Waals surface area (Å²) < 4.78 is 5.32. The number of aliphatic carboxylic acids is 1. The van der Waals surface area contributed by atoms with Crippen LogP contribution in [0.15, 0.2) is 0 Å². The first kappa shape index (κ1) is 10.9. The minimum Gasteiger partial charge on any atom is -0.480 e. The largest absolute Gasteiger partial charge is 0.480 e. The molecular formula is C11H19NO3. The van der Waals surface area contributed by atoms with Crippen LogP contribution in [0.4, 0.5) is 0 Å². The standard InChI is InChI=1S/C11H19NO3/c1-8(11(13)14)12(9-2-3-9)10-4-6-15-7-5-10/h8-10H,2-7H2,1H3,(H,13,14)/t8-/m1/s1. The predicted octanol–water partition coefficient (Wildman–Crippen LogP) is 1.10. The highest BCUT2D eigenvalue weighted by atomic mass is 16.5. The van der Waals surface area contributed by atoms with Gasteiger partial charge in [0.2, 0.25) is 0 Å². The highest BCUT2D eigenvalue weighted by molar-refractivity contribution is 5.73. The van der Waals surface area contributed by atoms with E-state index in [-0.39, 0.29) is 6.04 Å². The maximum Gasteiger partial charge on any atom is 0.320 e. The van der Waals surface area contributed by atoms with E-state index >= 15 is 0 Å². The van der Waals surface area contributed by atoms with Gasteiger partial charge in [-0.2, -0.15) is 0 Å². The van der Waals surface area contributed by atoms with E-state index in [9.17, 15) is 4.79 Å². The molecule has 0 radical (unpaired) electrons. The zero-order chi connectivity index (χ0) is 10.8. The van der Waals surface area contributed by atoms with Crippen molar-refractivity contribution in [1.29, 1.82) is 0 Å². The van der Waals surface area contributed by atoms with E-state index in [4.69, 9.17) is 9.84 Å². The van der Waals surface area contributed by atoms with Crippen LogP contribution in [0, 0.1) is 0 Å². The number of rotatable bonds is 4. The molecule has 0 aromatic heterocycles. The molecule has 1 N–H and O–H groups in total. The third-order valence-electron chi connectivity index (χ3n) is 3.39. The van der Waals surface area contributed by atoms with Crippen molar-refractivity contribution in [2.75, 3.05) is 13.2 Å². The highest BCUT2D eigenvalue weighted by Crippen LogP contribution is 2.33. The van der Waals surface area contributed by atoms with E-state index in [0.29, 0.717) is 12.1 Å². The van der Waals surface area contributed by atoms with Crippen LogP contribution in [0.5, 0.6) is 0 Å². The summed E-state index contributed by atoms with van der Waals surface area (Å²) in [6.07, 6.45) is 4.28. The zero-order valence-corrected chi connectivity index (χ0v) is 9.19. The lowest BCUT2D eigenvalue weighted by Gasteiger charge is -2.36. The van der Waals surface area contributed by atoms with E-state index in [1.165, 1.54) is 0 Å². The van der Waals surface area contributed by atoms with Crippen molar-refractivity contribution in [2.45, 2.75) is 50.7 Å². The van der Waals surface area contributed by atoms with Gasteiger partial charge in [0.1, 0.15) is 6.04 Å². The molecule has 2 rings (SSSR count). The number of hydrogen-bond acceptors (Lipinski definition) is 3. The Morgan fingerprint density at radius 2 is 1.80 bits per heavy atom. The van der Waals surface area contributed by atoms with Gasteiger partial charge >= 0.3 is 5.97 Å². The Kier molecular flexibility index (Phi) is 3.26. The molecule has 0 spiro atoms. The fourth-order valence-corrected chi connectivity index (χ4v) is 2.41. The molecule has 0 amide bonds. The molecule has 4 heteroatoms. The van der Waals surface area contributed by atoms with E-state index in [2.05, 4.69) is 4.90 Å². The molecule has 1 saturated heterocycles. The molecule has 15 heavy (non-hydrogen) atoms. The third-order valence-corrected chi connectivity index (χ3v) is 3.39. The Hall–Kier alpha value is -0.610. The molecular weight excluding hydrogens is 194 g/mol. The van der Waals surface area contributed by atoms with E-state index in [1.54, 1.807) is 6.92 Å². The molecule has 0 aromatic rings. The van der Waals surface area contributed by atoms with Gasteiger partial charge in [-0.3, -0.25) is 9.69 Å². The Morgan fingerprint density at radius 3 is 2.27 bits per heavy atom. The first-order valence-electron chi connectivity index (χ1n) is 5.78. The fraction of sp³-hybridized carbons (Fsp3) is 0.909. The van der Waals surface area contributed by atoms with Crippen LogP contribution in [0.25, 0.3) is 0 Å². The van der Waals surface area contributed by atoms with Crippen molar-refractivity contribution < 1.29 is 14.6 Å². The highest BCUT2D eigenvalue weighted by Gasteiger charge is 2.39. The summed E-state index contributed by atoms with van der Waals surface area (Å²) >= 11 is 0. The average molecular weight is 213 g/mol. The van der Waals surface area contributed by atoms with Gasteiger partial charge in [0.25, 0.3) is 0 Å². The number of carboxylic acids is 1. The second-order valence-corrected chi connectivity index (χ2v) is 4.54. The fourth-order valence-electron chi connectivity index (χ4n) is 2.41. The van der Waals surface area contributed by atoms with Crippen molar-refractivity contribution in [3.8, 4) is 0 Å². The van der Waals surface area contributed by atoms with Gasteiger partial charge < -0.3 is 9.84 Å². The smallest absolute Gasteiger partial charge is 0.320 e. The Morgan fingerprint density at radius 1 is 1.27 bits per heavy atom. The molecule has 1 heterocycles. The molecule has 0 unspecified atom stereocenters. The first-order chi connectivity index (χ1) is 7.20. The summed E-state index contributed by atoms with van der Waals surface area (Å²) in [6.45, 7) is 3.36. The lowest BCUT2D eigenvalue weighted by Crippen LogP contribution is -2.49. The summed E-state index contributed by atoms with van der Waals surface area (Å²) in [6, 6.07) is 0.581. The minimum absolute atomic E-state index is 0.347. The summed E-state index contributed by atoms with van der Waals surface area (Å²) in [5.74, 6) is -0.701. The lowest BCUT2D eigenvalue weighted by atomic mass is 10.0. The molecule has 1 aliphatic heterocycles. The molecule has 2 aliphatic rings. The predicted molar refractivity (Wildman–Crippen MR) is 55.8 cm³/mol. The van der Waals surface area contributed by atoms with Crippen molar-refractivity contribution >= 4 is 5.97 Å². The summed E-state index contributed by atoms with van der Waals surface area (Å²) in [5.41, 5.74) is 0. The summed E-state index contributed by atoms with van der Waals surface area (Å²) in [4.78, 5) is 13.2. The maximum atomic E-state index is 11.0. The molecule has 0 bridgehead atoms. The second kappa shape index (κ2) is 4.49. The van der Waals surface area contributed by atoms with Gasteiger partial charge in [-0.05, 0) is 32.6 Å². The monoisotopic (exact) mass is 213 g/mol. The Bertz CT molecular complexity index is 234. The molecule has 0 aromatic carbocycles. The van der Waals surface area contributed by atoms with E-state index in [0.717, 1.165) is 38.9 Å². The van der Waals surface area contributed by atoms with Crippen molar-refractivity contribution in [3.05, 3.63) is 0 Å². The molecule has 1 aliphatic carbocycles. The topological polar surface area (TPSA) is 49.8 Å². The number of hydrogen-bond donors (Lipinski definition) is 1. The van der Waals surface area contributed by atoms with Gasteiger partial charge in [0.15, 0.2) is 0 Å². The third kappa shape index (κ3) is 2.49. The van der Waals surface area contributed by atoms with Gasteiger partial charge in [-0.15, -0.1) is 0 Å². The number of carbonyl (C=O) groups is 1. The van der Waals surface area contributed by atoms with Crippen molar-refractivity contribution in [1.82, 2.24) is 4.90 Å². The average Bonchev–Trinajstić information content (AvgIpc) is 3.04. The quantitative estimate of drug-likeness (QED) is 0.760. The first-order valence-corrected chi connectivity index (χ1v) is 5.78. The van der Waals surface area contributed by atoms with Crippen LogP contribution in [-0.4, -0.2) is 47.3 Å². The Balaban J connectivity index is 2.00. The van der Waals surface area contributed by atoms with Crippen LogP contribution < -0.4 is 0 Å². The number of carboxylic acid groups (broad SMARTS) is 1. The number of ether oxygens (including phenoxy) is 1.